The van der Waals surface area contributed by atoms with Crippen molar-refractivity contribution in [2.24, 2.45) is 0 Å². The molecule has 1 aliphatic heterocycles. The molecule has 0 unspecified atom stereocenters. The van der Waals surface area contributed by atoms with Crippen molar-refractivity contribution in [3.8, 4) is 0 Å². The number of rotatable bonds is 3. The number of carbonyl (C=O) groups is 2. The minimum atomic E-state index is -0.0282. The van der Waals surface area contributed by atoms with E-state index in [2.05, 4.69) is 17.5 Å². The van der Waals surface area contributed by atoms with Crippen LogP contribution in [-0.4, -0.2) is 23.3 Å². The van der Waals surface area contributed by atoms with Gasteiger partial charge in [0, 0.05) is 24.1 Å². The highest BCUT2D eigenvalue weighted by atomic mass is 32.1. The molecule has 3 rings (SSSR count). The van der Waals surface area contributed by atoms with E-state index in [1.165, 1.54) is 20.5 Å². The number of benzene rings is 1. The molecule has 0 saturated carbocycles. The SMILES string of the molecule is O=C1CCC(=O)N1CCc1csc2ccccc12. The Labute approximate surface area is 109 Å². The first kappa shape index (κ1) is 11.4. The van der Waals surface area contributed by atoms with Gasteiger partial charge in [0.2, 0.25) is 11.8 Å². The molecule has 0 N–H and O–H groups in total. The van der Waals surface area contributed by atoms with E-state index in [9.17, 15) is 9.59 Å². The second-order valence-corrected chi connectivity index (χ2v) is 5.36. The molecule has 3 nitrogen and oxygen atoms in total. The molecule has 0 bridgehead atoms. The van der Waals surface area contributed by atoms with E-state index in [0.717, 1.165) is 6.42 Å². The van der Waals surface area contributed by atoms with Crippen LogP contribution in [0.1, 0.15) is 18.4 Å². The third-order valence-corrected chi connectivity index (χ3v) is 4.33. The molecule has 2 aromatic rings. The van der Waals surface area contributed by atoms with Crippen LogP contribution < -0.4 is 0 Å². The van der Waals surface area contributed by atoms with Gasteiger partial charge in [-0.2, -0.15) is 0 Å². The summed E-state index contributed by atoms with van der Waals surface area (Å²) in [5.74, 6) is -0.0564. The van der Waals surface area contributed by atoms with Gasteiger partial charge in [0.05, 0.1) is 0 Å². The first-order valence-electron chi connectivity index (χ1n) is 6.04. The molecule has 2 heterocycles. The van der Waals surface area contributed by atoms with E-state index in [4.69, 9.17) is 0 Å². The first-order chi connectivity index (χ1) is 8.75. The summed E-state index contributed by atoms with van der Waals surface area (Å²) in [6.07, 6.45) is 1.51. The van der Waals surface area contributed by atoms with Crippen molar-refractivity contribution in [3.05, 3.63) is 35.2 Å². The summed E-state index contributed by atoms with van der Waals surface area (Å²) in [5, 5.41) is 3.36. The molecule has 4 heteroatoms. The van der Waals surface area contributed by atoms with Crippen molar-refractivity contribution in [2.45, 2.75) is 19.3 Å². The largest absolute Gasteiger partial charge is 0.282 e. The molecule has 1 saturated heterocycles. The minimum Gasteiger partial charge on any atom is -0.282 e. The van der Waals surface area contributed by atoms with Crippen LogP contribution >= 0.6 is 11.3 Å². The molecular weight excluding hydrogens is 246 g/mol. The number of hydrogen-bond acceptors (Lipinski definition) is 3. The standard InChI is InChI=1S/C14H13NO2S/c16-13-5-6-14(17)15(13)8-7-10-9-18-12-4-2-1-3-11(10)12/h1-4,9H,5-8H2. The maximum absolute atomic E-state index is 11.5. The lowest BCUT2D eigenvalue weighted by Gasteiger charge is -2.12. The number of thiophene rings is 1. The molecule has 2 amide bonds. The van der Waals surface area contributed by atoms with E-state index in [1.54, 1.807) is 11.3 Å². The summed E-state index contributed by atoms with van der Waals surface area (Å²) >= 11 is 1.71. The van der Waals surface area contributed by atoms with Gasteiger partial charge in [-0.25, -0.2) is 0 Å². The molecule has 1 aliphatic rings. The van der Waals surface area contributed by atoms with Crippen LogP contribution in [-0.2, 0) is 16.0 Å². The Morgan fingerprint density at radius 2 is 1.83 bits per heavy atom. The van der Waals surface area contributed by atoms with Crippen molar-refractivity contribution in [1.29, 1.82) is 0 Å². The number of hydrogen-bond donors (Lipinski definition) is 0. The van der Waals surface area contributed by atoms with Gasteiger partial charge in [0.1, 0.15) is 0 Å². The van der Waals surface area contributed by atoms with Crippen LogP contribution in [0.3, 0.4) is 0 Å². The Balaban J connectivity index is 1.77. The normalized spacial score (nSPS) is 15.9. The molecule has 0 radical (unpaired) electrons. The van der Waals surface area contributed by atoms with E-state index in [1.807, 2.05) is 12.1 Å². The Morgan fingerprint density at radius 3 is 2.61 bits per heavy atom. The molecular formula is C14H13NO2S. The predicted octanol–water partition coefficient (Wildman–Crippen LogP) is 2.59. The summed E-state index contributed by atoms with van der Waals surface area (Å²) < 4.78 is 1.26. The Morgan fingerprint density at radius 1 is 1.11 bits per heavy atom. The smallest absolute Gasteiger partial charge is 0.229 e. The van der Waals surface area contributed by atoms with Gasteiger partial charge in [0.15, 0.2) is 0 Å². The van der Waals surface area contributed by atoms with E-state index < -0.39 is 0 Å². The number of fused-ring (bicyclic) bond motifs is 1. The van der Waals surface area contributed by atoms with Crippen molar-refractivity contribution >= 4 is 33.2 Å². The predicted molar refractivity (Wildman–Crippen MR) is 71.5 cm³/mol. The summed E-state index contributed by atoms with van der Waals surface area (Å²) in [6.45, 7) is 0.512. The second kappa shape index (κ2) is 4.53. The van der Waals surface area contributed by atoms with Gasteiger partial charge in [-0.05, 0) is 28.8 Å². The summed E-state index contributed by atoms with van der Waals surface area (Å²) in [5.41, 5.74) is 1.23. The zero-order valence-electron chi connectivity index (χ0n) is 9.89. The van der Waals surface area contributed by atoms with Crippen molar-refractivity contribution in [1.82, 2.24) is 4.90 Å². The van der Waals surface area contributed by atoms with Crippen LogP contribution in [0.2, 0.25) is 0 Å². The Bertz CT molecular complexity index is 601. The number of likely N-dealkylation sites (tertiary alicyclic amines) is 1. The average molecular weight is 259 g/mol. The fourth-order valence-corrected chi connectivity index (χ4v) is 3.33. The molecule has 18 heavy (non-hydrogen) atoms. The van der Waals surface area contributed by atoms with Crippen LogP contribution in [0, 0.1) is 0 Å². The van der Waals surface area contributed by atoms with Crippen molar-refractivity contribution < 1.29 is 9.59 Å². The Hall–Kier alpha value is -1.68. The molecule has 0 spiro atoms. The van der Waals surface area contributed by atoms with Gasteiger partial charge in [-0.1, -0.05) is 18.2 Å². The van der Waals surface area contributed by atoms with E-state index in [-0.39, 0.29) is 11.8 Å². The van der Waals surface area contributed by atoms with Crippen molar-refractivity contribution in [3.63, 3.8) is 0 Å². The highest BCUT2D eigenvalue weighted by Crippen LogP contribution is 2.26. The molecule has 92 valence electrons. The van der Waals surface area contributed by atoms with E-state index in [0.29, 0.717) is 19.4 Å². The quantitative estimate of drug-likeness (QED) is 0.794. The van der Waals surface area contributed by atoms with Gasteiger partial charge in [-0.15, -0.1) is 11.3 Å². The van der Waals surface area contributed by atoms with Gasteiger partial charge in [-0.3, -0.25) is 14.5 Å². The molecule has 1 fully saturated rings. The van der Waals surface area contributed by atoms with Crippen LogP contribution in [0.15, 0.2) is 29.6 Å². The average Bonchev–Trinajstić information content (AvgIpc) is 2.93. The van der Waals surface area contributed by atoms with Gasteiger partial charge in [0.25, 0.3) is 0 Å². The molecule has 1 aromatic heterocycles. The minimum absolute atomic E-state index is 0.0282. The summed E-state index contributed by atoms with van der Waals surface area (Å²) in [4.78, 5) is 24.4. The number of imide groups is 1. The zero-order chi connectivity index (χ0) is 12.5. The molecule has 1 aromatic carbocycles. The lowest BCUT2D eigenvalue weighted by Crippen LogP contribution is -2.30. The maximum atomic E-state index is 11.5. The number of carbonyl (C=O) groups excluding carboxylic acids is 2. The summed E-state index contributed by atoms with van der Waals surface area (Å²) in [6, 6.07) is 8.23. The third-order valence-electron chi connectivity index (χ3n) is 3.32. The van der Waals surface area contributed by atoms with Crippen LogP contribution in [0.4, 0.5) is 0 Å². The lowest BCUT2D eigenvalue weighted by atomic mass is 10.1. The third kappa shape index (κ3) is 1.93. The fraction of sp³-hybridized carbons (Fsp3) is 0.286. The second-order valence-electron chi connectivity index (χ2n) is 4.45. The van der Waals surface area contributed by atoms with Gasteiger partial charge < -0.3 is 0 Å². The highest BCUT2D eigenvalue weighted by Gasteiger charge is 2.28. The topological polar surface area (TPSA) is 37.4 Å². The first-order valence-corrected chi connectivity index (χ1v) is 6.92. The van der Waals surface area contributed by atoms with Crippen molar-refractivity contribution in [2.75, 3.05) is 6.54 Å². The maximum Gasteiger partial charge on any atom is 0.229 e. The fourth-order valence-electron chi connectivity index (χ4n) is 2.33. The number of nitrogens with zero attached hydrogens (tertiary/aromatic N) is 1. The molecule has 0 aliphatic carbocycles. The zero-order valence-corrected chi connectivity index (χ0v) is 10.7. The van der Waals surface area contributed by atoms with Gasteiger partial charge >= 0.3 is 0 Å². The van der Waals surface area contributed by atoms with Crippen LogP contribution in [0.25, 0.3) is 10.1 Å². The van der Waals surface area contributed by atoms with Crippen LogP contribution in [0.5, 0.6) is 0 Å². The Kier molecular flexibility index (Phi) is 2.88. The van der Waals surface area contributed by atoms with E-state index >= 15 is 0 Å². The summed E-state index contributed by atoms with van der Waals surface area (Å²) in [7, 11) is 0. The molecule has 0 atom stereocenters. The number of amides is 2. The highest BCUT2D eigenvalue weighted by molar-refractivity contribution is 7.17. The lowest BCUT2D eigenvalue weighted by molar-refractivity contribution is -0.138. The monoisotopic (exact) mass is 259 g/mol.